The molecule has 1 aromatic heterocycles. The lowest BCUT2D eigenvalue weighted by Gasteiger charge is -2.37. The molecule has 8 heteroatoms. The van der Waals surface area contributed by atoms with Crippen molar-refractivity contribution in [1.82, 2.24) is 9.88 Å². The molecule has 3 aromatic rings. The first-order chi connectivity index (χ1) is 16.1. The number of para-hydroxylation sites is 3. The molecule has 0 radical (unpaired) electrons. The van der Waals surface area contributed by atoms with Crippen LogP contribution >= 0.6 is 11.8 Å². The van der Waals surface area contributed by atoms with Crippen molar-refractivity contribution in [3.63, 3.8) is 0 Å². The zero-order valence-electron chi connectivity index (χ0n) is 18.2. The fourth-order valence-electron chi connectivity index (χ4n) is 4.78. The van der Waals surface area contributed by atoms with Crippen molar-refractivity contribution in [2.45, 2.75) is 55.8 Å². The second kappa shape index (κ2) is 9.39. The van der Waals surface area contributed by atoms with Gasteiger partial charge in [-0.1, -0.05) is 61.4 Å². The fourth-order valence-corrected chi connectivity index (χ4v) is 5.49. The Balaban J connectivity index is 1.36. The van der Waals surface area contributed by atoms with Crippen LogP contribution in [-0.4, -0.2) is 45.4 Å². The maximum absolute atomic E-state index is 13.5. The molecule has 2 fully saturated rings. The van der Waals surface area contributed by atoms with E-state index >= 15 is 0 Å². The molecule has 0 spiro atoms. The molecule has 33 heavy (non-hydrogen) atoms. The van der Waals surface area contributed by atoms with E-state index in [1.54, 1.807) is 29.2 Å². The lowest BCUT2D eigenvalue weighted by molar-refractivity contribution is -0.139. The van der Waals surface area contributed by atoms with Crippen molar-refractivity contribution < 1.29 is 18.8 Å². The number of hydrogen-bond acceptors (Lipinski definition) is 6. The van der Waals surface area contributed by atoms with E-state index < -0.39 is 6.04 Å². The van der Waals surface area contributed by atoms with E-state index in [1.807, 2.05) is 30.3 Å². The molecule has 0 bridgehead atoms. The van der Waals surface area contributed by atoms with Gasteiger partial charge < -0.3 is 9.32 Å². The van der Waals surface area contributed by atoms with Gasteiger partial charge in [-0.2, -0.15) is 0 Å². The Morgan fingerprint density at radius 2 is 1.76 bits per heavy atom. The second-order valence-corrected chi connectivity index (χ2v) is 9.38. The summed E-state index contributed by atoms with van der Waals surface area (Å²) in [5, 5.41) is 0.424. The normalized spacial score (nSPS) is 19.4. The number of amides is 3. The average Bonchev–Trinajstić information content (AvgIpc) is 3.39. The van der Waals surface area contributed by atoms with Crippen molar-refractivity contribution in [3.8, 4) is 0 Å². The summed E-state index contributed by atoms with van der Waals surface area (Å²) in [4.78, 5) is 47.0. The van der Waals surface area contributed by atoms with Gasteiger partial charge in [0, 0.05) is 6.04 Å². The lowest BCUT2D eigenvalue weighted by atomic mass is 9.92. The van der Waals surface area contributed by atoms with Crippen LogP contribution in [0, 0.1) is 0 Å². The highest BCUT2D eigenvalue weighted by Gasteiger charge is 2.46. The molecule has 0 unspecified atom stereocenters. The van der Waals surface area contributed by atoms with E-state index in [1.165, 1.54) is 16.7 Å². The van der Waals surface area contributed by atoms with Gasteiger partial charge in [-0.05, 0) is 37.1 Å². The van der Waals surface area contributed by atoms with E-state index in [2.05, 4.69) is 4.98 Å². The summed E-state index contributed by atoms with van der Waals surface area (Å²) in [7, 11) is 0. The zero-order valence-corrected chi connectivity index (χ0v) is 19.0. The fraction of sp³-hybridized carbons (Fsp3) is 0.360. The minimum Gasteiger partial charge on any atom is -0.431 e. The van der Waals surface area contributed by atoms with E-state index in [-0.39, 0.29) is 35.9 Å². The second-order valence-electron chi connectivity index (χ2n) is 8.45. The highest BCUT2D eigenvalue weighted by Crippen LogP contribution is 2.32. The quantitative estimate of drug-likeness (QED) is 0.398. The number of anilines is 1. The van der Waals surface area contributed by atoms with Crippen LogP contribution in [0.25, 0.3) is 11.1 Å². The number of rotatable bonds is 6. The number of aromatic nitrogens is 1. The number of benzene rings is 2. The summed E-state index contributed by atoms with van der Waals surface area (Å²) in [6.07, 6.45) is 4.88. The molecule has 1 aliphatic heterocycles. The predicted molar refractivity (Wildman–Crippen MR) is 126 cm³/mol. The highest BCUT2D eigenvalue weighted by atomic mass is 32.2. The van der Waals surface area contributed by atoms with Crippen LogP contribution in [0.15, 0.2) is 64.2 Å². The van der Waals surface area contributed by atoms with E-state index in [0.717, 1.165) is 37.6 Å². The molecule has 7 nitrogen and oxygen atoms in total. The van der Waals surface area contributed by atoms with Crippen LogP contribution in [0.4, 0.5) is 5.69 Å². The Morgan fingerprint density at radius 1 is 1.03 bits per heavy atom. The number of thioether (sulfide) groups is 1. The number of hydrogen-bond donors (Lipinski definition) is 0. The van der Waals surface area contributed by atoms with Gasteiger partial charge in [0.1, 0.15) is 11.6 Å². The van der Waals surface area contributed by atoms with Crippen LogP contribution in [0.3, 0.4) is 0 Å². The predicted octanol–water partition coefficient (Wildman–Crippen LogP) is 4.41. The van der Waals surface area contributed by atoms with Gasteiger partial charge in [0.25, 0.3) is 11.1 Å². The molecule has 1 saturated carbocycles. The van der Waals surface area contributed by atoms with Crippen molar-refractivity contribution >= 4 is 46.3 Å². The average molecular weight is 464 g/mol. The molecule has 5 rings (SSSR count). The number of carbonyl (C=O) groups is 3. The van der Waals surface area contributed by atoms with Gasteiger partial charge in [0.2, 0.25) is 11.8 Å². The van der Waals surface area contributed by atoms with Crippen LogP contribution in [0.1, 0.15) is 38.5 Å². The SMILES string of the molecule is O=C1C[C@@H](N(C(=O)CSc2nc3ccccc3o2)C2CCCCC2)C(=O)N1c1ccccc1. The molecule has 170 valence electrons. The molecule has 2 heterocycles. The van der Waals surface area contributed by atoms with E-state index in [0.29, 0.717) is 16.5 Å². The summed E-state index contributed by atoms with van der Waals surface area (Å²) < 4.78 is 5.73. The molecular weight excluding hydrogens is 438 g/mol. The van der Waals surface area contributed by atoms with Crippen LogP contribution < -0.4 is 4.90 Å². The summed E-state index contributed by atoms with van der Waals surface area (Å²) >= 11 is 1.23. The minimum atomic E-state index is -0.766. The minimum absolute atomic E-state index is 0.0174. The number of oxazole rings is 1. The highest BCUT2D eigenvalue weighted by molar-refractivity contribution is 7.99. The first-order valence-electron chi connectivity index (χ1n) is 11.3. The van der Waals surface area contributed by atoms with Crippen LogP contribution in [0.2, 0.25) is 0 Å². The van der Waals surface area contributed by atoms with Crippen molar-refractivity contribution in [1.29, 1.82) is 0 Å². The third kappa shape index (κ3) is 4.39. The number of fused-ring (bicyclic) bond motifs is 1. The first-order valence-corrected chi connectivity index (χ1v) is 12.3. The topological polar surface area (TPSA) is 83.7 Å². The molecule has 1 atom stereocenters. The third-order valence-corrected chi connectivity index (χ3v) is 7.14. The Kier molecular flexibility index (Phi) is 6.17. The summed E-state index contributed by atoms with van der Waals surface area (Å²) in [6.45, 7) is 0. The Morgan fingerprint density at radius 3 is 2.52 bits per heavy atom. The zero-order chi connectivity index (χ0) is 22.8. The monoisotopic (exact) mass is 463 g/mol. The van der Waals surface area contributed by atoms with Crippen molar-refractivity contribution in [2.24, 2.45) is 0 Å². The third-order valence-electron chi connectivity index (χ3n) is 6.32. The van der Waals surface area contributed by atoms with Gasteiger partial charge in [-0.25, -0.2) is 9.88 Å². The number of nitrogens with zero attached hydrogens (tertiary/aromatic N) is 3. The molecule has 3 amide bonds. The van der Waals surface area contributed by atoms with Crippen molar-refractivity contribution in [3.05, 3.63) is 54.6 Å². The molecule has 1 saturated heterocycles. The van der Waals surface area contributed by atoms with E-state index in [4.69, 9.17) is 4.42 Å². The first kappa shape index (κ1) is 21.7. The van der Waals surface area contributed by atoms with Crippen LogP contribution in [0.5, 0.6) is 0 Å². The van der Waals surface area contributed by atoms with Crippen molar-refractivity contribution in [2.75, 3.05) is 10.7 Å². The Hall–Kier alpha value is -3.13. The summed E-state index contributed by atoms with van der Waals surface area (Å²) in [5.41, 5.74) is 1.96. The summed E-state index contributed by atoms with van der Waals surface area (Å²) in [6, 6.07) is 15.6. The molecule has 1 aliphatic carbocycles. The molecule has 2 aromatic carbocycles. The van der Waals surface area contributed by atoms with Gasteiger partial charge in [-0.3, -0.25) is 14.4 Å². The standard InChI is InChI=1S/C25H25N3O4S/c29-22-15-20(24(31)28(22)18-11-5-2-6-12-18)27(17-9-3-1-4-10-17)23(30)16-33-25-26-19-13-7-8-14-21(19)32-25/h2,5-8,11-14,17,20H,1,3-4,9-10,15-16H2/t20-/m1/s1. The van der Waals surface area contributed by atoms with Gasteiger partial charge in [0.15, 0.2) is 5.58 Å². The Bertz CT molecular complexity index is 1140. The molecular formula is C25H25N3O4S. The Labute approximate surface area is 196 Å². The van der Waals surface area contributed by atoms with Gasteiger partial charge >= 0.3 is 0 Å². The number of imide groups is 1. The van der Waals surface area contributed by atoms with Crippen LogP contribution in [-0.2, 0) is 14.4 Å². The number of carbonyl (C=O) groups excluding carboxylic acids is 3. The maximum atomic E-state index is 13.5. The maximum Gasteiger partial charge on any atom is 0.257 e. The largest absolute Gasteiger partial charge is 0.431 e. The van der Waals surface area contributed by atoms with Gasteiger partial charge in [-0.15, -0.1) is 0 Å². The van der Waals surface area contributed by atoms with E-state index in [9.17, 15) is 14.4 Å². The van der Waals surface area contributed by atoms with Gasteiger partial charge in [0.05, 0.1) is 17.9 Å². The summed E-state index contributed by atoms with van der Waals surface area (Å²) in [5.74, 6) is -0.643. The smallest absolute Gasteiger partial charge is 0.257 e. The lowest BCUT2D eigenvalue weighted by Crippen LogP contribution is -2.52. The molecule has 2 aliphatic rings. The molecule has 0 N–H and O–H groups in total.